The Hall–Kier alpha value is -1.84. The molecule has 0 aliphatic rings. The van der Waals surface area contributed by atoms with E-state index in [0.29, 0.717) is 19.4 Å². The Morgan fingerprint density at radius 2 is 1.79 bits per heavy atom. The molecule has 1 aromatic carbocycles. The van der Waals surface area contributed by atoms with Crippen molar-refractivity contribution in [2.24, 2.45) is 0 Å². The molecular formula is C15H21NO3. The van der Waals surface area contributed by atoms with Gasteiger partial charge in [-0.3, -0.25) is 4.79 Å². The number of nitrogens with zero attached hydrogens (tertiary/aromatic N) is 1. The van der Waals surface area contributed by atoms with Crippen LogP contribution in [0, 0.1) is 0 Å². The van der Waals surface area contributed by atoms with Gasteiger partial charge in [-0.15, -0.1) is 0 Å². The van der Waals surface area contributed by atoms with Gasteiger partial charge in [0.05, 0.1) is 5.56 Å². The molecule has 0 saturated heterocycles. The van der Waals surface area contributed by atoms with Gasteiger partial charge in [-0.2, -0.15) is 0 Å². The third-order valence-electron chi connectivity index (χ3n) is 3.11. The van der Waals surface area contributed by atoms with Crippen LogP contribution in [-0.2, 0) is 11.2 Å². The number of rotatable bonds is 6. The van der Waals surface area contributed by atoms with Crippen LogP contribution in [-0.4, -0.2) is 34.5 Å². The van der Waals surface area contributed by atoms with Crippen LogP contribution in [0.4, 0.5) is 0 Å². The Morgan fingerprint density at radius 3 is 2.21 bits per heavy atom. The van der Waals surface area contributed by atoms with Gasteiger partial charge in [-0.1, -0.05) is 12.1 Å². The summed E-state index contributed by atoms with van der Waals surface area (Å²) in [7, 11) is 0. The van der Waals surface area contributed by atoms with Gasteiger partial charge >= 0.3 is 5.97 Å². The number of hydrogen-bond donors (Lipinski definition) is 1. The van der Waals surface area contributed by atoms with E-state index in [4.69, 9.17) is 5.11 Å². The van der Waals surface area contributed by atoms with Gasteiger partial charge in [0.25, 0.3) is 0 Å². The van der Waals surface area contributed by atoms with Crippen LogP contribution >= 0.6 is 0 Å². The summed E-state index contributed by atoms with van der Waals surface area (Å²) in [5, 5.41) is 8.80. The summed E-state index contributed by atoms with van der Waals surface area (Å²) in [6.07, 6.45) is 1.10. The van der Waals surface area contributed by atoms with E-state index in [0.717, 1.165) is 5.56 Å². The molecule has 0 aromatic heterocycles. The van der Waals surface area contributed by atoms with Gasteiger partial charge in [-0.25, -0.2) is 4.79 Å². The first kappa shape index (κ1) is 15.2. The number of aryl methyl sites for hydroxylation is 1. The average molecular weight is 263 g/mol. The van der Waals surface area contributed by atoms with Crippen molar-refractivity contribution in [3.63, 3.8) is 0 Å². The van der Waals surface area contributed by atoms with E-state index in [9.17, 15) is 9.59 Å². The lowest BCUT2D eigenvalue weighted by Gasteiger charge is -2.25. The molecule has 0 unspecified atom stereocenters. The molecule has 1 N–H and O–H groups in total. The van der Waals surface area contributed by atoms with Gasteiger partial charge in [0.2, 0.25) is 5.91 Å². The molecule has 0 radical (unpaired) electrons. The van der Waals surface area contributed by atoms with E-state index in [1.54, 1.807) is 24.3 Å². The zero-order valence-corrected chi connectivity index (χ0v) is 11.7. The van der Waals surface area contributed by atoms with E-state index in [1.165, 1.54) is 0 Å². The third-order valence-corrected chi connectivity index (χ3v) is 3.11. The lowest BCUT2D eigenvalue weighted by Crippen LogP contribution is -2.36. The zero-order valence-electron chi connectivity index (χ0n) is 11.7. The molecule has 4 nitrogen and oxygen atoms in total. The van der Waals surface area contributed by atoms with Crippen LogP contribution in [0.1, 0.15) is 43.1 Å². The maximum Gasteiger partial charge on any atom is 0.335 e. The van der Waals surface area contributed by atoms with Gasteiger partial charge in [0, 0.05) is 19.0 Å². The van der Waals surface area contributed by atoms with E-state index >= 15 is 0 Å². The fourth-order valence-corrected chi connectivity index (χ4v) is 2.04. The first-order valence-electron chi connectivity index (χ1n) is 6.57. The summed E-state index contributed by atoms with van der Waals surface area (Å²) in [5.41, 5.74) is 1.26. The average Bonchev–Trinajstić information content (AvgIpc) is 2.37. The quantitative estimate of drug-likeness (QED) is 0.858. The van der Waals surface area contributed by atoms with E-state index in [1.807, 2.05) is 25.7 Å². The van der Waals surface area contributed by atoms with Crippen molar-refractivity contribution in [1.29, 1.82) is 0 Å². The fourth-order valence-electron chi connectivity index (χ4n) is 2.04. The highest BCUT2D eigenvalue weighted by Gasteiger charge is 2.14. The highest BCUT2D eigenvalue weighted by molar-refractivity contribution is 5.87. The minimum absolute atomic E-state index is 0.139. The molecule has 19 heavy (non-hydrogen) atoms. The molecule has 1 amide bonds. The summed E-state index contributed by atoms with van der Waals surface area (Å²) >= 11 is 0. The van der Waals surface area contributed by atoms with Crippen molar-refractivity contribution in [3.05, 3.63) is 35.4 Å². The number of carbonyl (C=O) groups excluding carboxylic acids is 1. The molecule has 0 aliphatic carbocycles. The maximum absolute atomic E-state index is 12.0. The molecule has 0 atom stereocenters. The maximum atomic E-state index is 12.0. The van der Waals surface area contributed by atoms with Crippen molar-refractivity contribution in [2.45, 2.75) is 39.7 Å². The van der Waals surface area contributed by atoms with E-state index < -0.39 is 5.97 Å². The largest absolute Gasteiger partial charge is 0.478 e. The molecule has 0 saturated carbocycles. The van der Waals surface area contributed by atoms with Gasteiger partial charge < -0.3 is 10.0 Å². The molecule has 0 bridgehead atoms. The predicted molar refractivity (Wildman–Crippen MR) is 74.2 cm³/mol. The van der Waals surface area contributed by atoms with Crippen LogP contribution in [0.5, 0.6) is 0 Å². The highest BCUT2D eigenvalue weighted by Crippen LogP contribution is 2.09. The van der Waals surface area contributed by atoms with Crippen molar-refractivity contribution < 1.29 is 14.7 Å². The first-order chi connectivity index (χ1) is 8.95. The number of carbonyl (C=O) groups is 2. The Morgan fingerprint density at radius 1 is 1.21 bits per heavy atom. The lowest BCUT2D eigenvalue weighted by atomic mass is 10.1. The Labute approximate surface area is 114 Å². The zero-order chi connectivity index (χ0) is 14.4. The normalized spacial score (nSPS) is 10.5. The molecule has 104 valence electrons. The van der Waals surface area contributed by atoms with Crippen molar-refractivity contribution in [1.82, 2.24) is 4.90 Å². The monoisotopic (exact) mass is 263 g/mol. The molecular weight excluding hydrogens is 242 g/mol. The van der Waals surface area contributed by atoms with Crippen molar-refractivity contribution >= 4 is 11.9 Å². The first-order valence-corrected chi connectivity index (χ1v) is 6.57. The smallest absolute Gasteiger partial charge is 0.335 e. The Kier molecular flexibility index (Phi) is 5.55. The fraction of sp³-hybridized carbons (Fsp3) is 0.467. The molecule has 0 heterocycles. The molecule has 4 heteroatoms. The third kappa shape index (κ3) is 4.39. The lowest BCUT2D eigenvalue weighted by molar-refractivity contribution is -0.132. The van der Waals surface area contributed by atoms with Gasteiger partial charge in [-0.05, 0) is 44.9 Å². The highest BCUT2D eigenvalue weighted by atomic mass is 16.4. The van der Waals surface area contributed by atoms with Crippen LogP contribution in [0.2, 0.25) is 0 Å². The summed E-state index contributed by atoms with van der Waals surface area (Å²) in [5.74, 6) is -0.792. The predicted octanol–water partition coefficient (Wildman–Crippen LogP) is 2.57. The number of benzene rings is 1. The number of aromatic carboxylic acids is 1. The molecule has 0 spiro atoms. The number of carboxylic acid groups (broad SMARTS) is 1. The summed E-state index contributed by atoms with van der Waals surface area (Å²) in [6, 6.07) is 6.89. The number of hydrogen-bond acceptors (Lipinski definition) is 2. The van der Waals surface area contributed by atoms with Gasteiger partial charge in [0.15, 0.2) is 0 Å². The molecule has 0 fully saturated rings. The molecule has 0 aliphatic heterocycles. The van der Waals surface area contributed by atoms with Crippen molar-refractivity contribution in [3.8, 4) is 0 Å². The molecule has 1 rings (SSSR count). The SMILES string of the molecule is CCN(C(=O)CCc1ccc(C(=O)O)cc1)C(C)C. The van der Waals surface area contributed by atoms with Crippen LogP contribution < -0.4 is 0 Å². The summed E-state index contributed by atoms with van der Waals surface area (Å²) in [4.78, 5) is 24.6. The Bertz CT molecular complexity index is 437. The summed E-state index contributed by atoms with van der Waals surface area (Å²) < 4.78 is 0. The second-order valence-corrected chi connectivity index (χ2v) is 4.78. The second-order valence-electron chi connectivity index (χ2n) is 4.78. The second kappa shape index (κ2) is 6.92. The van der Waals surface area contributed by atoms with Crippen LogP contribution in [0.3, 0.4) is 0 Å². The van der Waals surface area contributed by atoms with Crippen molar-refractivity contribution in [2.75, 3.05) is 6.54 Å². The van der Waals surface area contributed by atoms with E-state index in [2.05, 4.69) is 0 Å². The standard InChI is InChI=1S/C15H21NO3/c1-4-16(11(2)3)14(17)10-7-12-5-8-13(9-6-12)15(18)19/h5-6,8-9,11H,4,7,10H2,1-3H3,(H,18,19). The number of carboxylic acids is 1. The topological polar surface area (TPSA) is 57.6 Å². The van der Waals surface area contributed by atoms with Crippen LogP contribution in [0.15, 0.2) is 24.3 Å². The number of amides is 1. The Balaban J connectivity index is 2.57. The minimum Gasteiger partial charge on any atom is -0.478 e. The minimum atomic E-state index is -0.931. The van der Waals surface area contributed by atoms with Gasteiger partial charge in [0.1, 0.15) is 0 Å². The molecule has 1 aromatic rings. The van der Waals surface area contributed by atoms with Crippen LogP contribution in [0.25, 0.3) is 0 Å². The summed E-state index contributed by atoms with van der Waals surface area (Å²) in [6.45, 7) is 6.69. The van der Waals surface area contributed by atoms with E-state index in [-0.39, 0.29) is 17.5 Å².